The third kappa shape index (κ3) is 4.11. The van der Waals surface area contributed by atoms with E-state index in [9.17, 15) is 15.0 Å². The number of phenols is 1. The van der Waals surface area contributed by atoms with Gasteiger partial charge < -0.3 is 20.0 Å². The molecule has 0 aromatic heterocycles. The Hall–Kier alpha value is -1.75. The highest BCUT2D eigenvalue weighted by Gasteiger charge is 2.24. The molecule has 1 aliphatic heterocycles. The van der Waals surface area contributed by atoms with Crippen LogP contribution in [0, 0.1) is 5.92 Å². The molecule has 0 radical (unpaired) electrons. The highest BCUT2D eigenvalue weighted by molar-refractivity contribution is 5.77. The molecule has 1 saturated heterocycles. The fraction of sp³-hybridized carbons (Fsp3) is 0.562. The number of nitrogens with zero attached hydrogens (tertiary/aromatic N) is 2. The molecular formula is C16H24N2O3. The van der Waals surface area contributed by atoms with Crippen molar-refractivity contribution in [2.45, 2.75) is 26.4 Å². The first-order valence-corrected chi connectivity index (χ1v) is 7.47. The lowest BCUT2D eigenvalue weighted by molar-refractivity contribution is -0.134. The largest absolute Gasteiger partial charge is 0.508 e. The molecule has 1 heterocycles. The van der Waals surface area contributed by atoms with Crippen LogP contribution >= 0.6 is 0 Å². The Bertz CT molecular complexity index is 482. The zero-order valence-electron chi connectivity index (χ0n) is 12.7. The number of carbonyl (C=O) groups excluding carboxylic acids is 1. The normalized spacial score (nSPS) is 17.1. The summed E-state index contributed by atoms with van der Waals surface area (Å²) < 4.78 is 0. The van der Waals surface area contributed by atoms with E-state index >= 15 is 0 Å². The number of hydrogen-bond acceptors (Lipinski definition) is 4. The number of carbonyl (C=O) groups is 1. The van der Waals surface area contributed by atoms with Gasteiger partial charge in [-0.25, -0.2) is 0 Å². The van der Waals surface area contributed by atoms with Crippen LogP contribution in [0.1, 0.15) is 20.3 Å². The average molecular weight is 292 g/mol. The summed E-state index contributed by atoms with van der Waals surface area (Å²) in [7, 11) is 0. The molecule has 0 saturated carbocycles. The number of piperazine rings is 1. The number of aromatic hydroxyl groups is 1. The summed E-state index contributed by atoms with van der Waals surface area (Å²) >= 11 is 0. The number of phenolic OH excluding ortho intramolecular Hbond substituents is 1. The van der Waals surface area contributed by atoms with Crippen molar-refractivity contribution in [2.75, 3.05) is 31.1 Å². The van der Waals surface area contributed by atoms with Gasteiger partial charge in [0.2, 0.25) is 5.91 Å². The van der Waals surface area contributed by atoms with Crippen LogP contribution in [-0.2, 0) is 4.79 Å². The first kappa shape index (κ1) is 15.6. The smallest absolute Gasteiger partial charge is 0.225 e. The summed E-state index contributed by atoms with van der Waals surface area (Å²) in [6.45, 7) is 6.62. The minimum absolute atomic E-state index is 0.0201. The van der Waals surface area contributed by atoms with Crippen LogP contribution < -0.4 is 4.90 Å². The molecule has 1 amide bonds. The Morgan fingerprint density at radius 2 is 1.90 bits per heavy atom. The van der Waals surface area contributed by atoms with Crippen molar-refractivity contribution in [1.29, 1.82) is 0 Å². The molecular weight excluding hydrogens is 268 g/mol. The summed E-state index contributed by atoms with van der Waals surface area (Å²) in [5.41, 5.74) is 0.976. The maximum absolute atomic E-state index is 12.1. The van der Waals surface area contributed by atoms with Gasteiger partial charge in [0.25, 0.3) is 0 Å². The average Bonchev–Trinajstić information content (AvgIpc) is 2.47. The van der Waals surface area contributed by atoms with Crippen molar-refractivity contribution >= 4 is 11.6 Å². The van der Waals surface area contributed by atoms with Crippen LogP contribution in [0.2, 0.25) is 0 Å². The quantitative estimate of drug-likeness (QED) is 0.881. The Balaban J connectivity index is 1.87. The van der Waals surface area contributed by atoms with E-state index in [0.29, 0.717) is 13.1 Å². The lowest BCUT2D eigenvalue weighted by Crippen LogP contribution is -2.49. The summed E-state index contributed by atoms with van der Waals surface area (Å²) in [6.07, 6.45) is -0.370. The number of anilines is 1. The number of rotatable bonds is 4. The summed E-state index contributed by atoms with van der Waals surface area (Å²) in [5, 5.41) is 19.3. The van der Waals surface area contributed by atoms with E-state index < -0.39 is 6.10 Å². The van der Waals surface area contributed by atoms with Gasteiger partial charge in [0.15, 0.2) is 0 Å². The Morgan fingerprint density at radius 1 is 1.24 bits per heavy atom. The van der Waals surface area contributed by atoms with Crippen LogP contribution in [0.15, 0.2) is 24.3 Å². The van der Waals surface area contributed by atoms with Crippen LogP contribution in [-0.4, -0.2) is 53.3 Å². The SMILES string of the molecule is CC(C)C(O)CC(=O)N1CCN(c2cccc(O)c2)CC1. The van der Waals surface area contributed by atoms with E-state index in [1.807, 2.05) is 30.9 Å². The highest BCUT2D eigenvalue weighted by Crippen LogP contribution is 2.21. The van der Waals surface area contributed by atoms with Crippen LogP contribution in [0.5, 0.6) is 5.75 Å². The number of aliphatic hydroxyl groups excluding tert-OH is 1. The first-order valence-electron chi connectivity index (χ1n) is 7.47. The maximum atomic E-state index is 12.1. The van der Waals surface area contributed by atoms with Crippen LogP contribution in [0.3, 0.4) is 0 Å². The third-order valence-electron chi connectivity index (χ3n) is 3.98. The molecule has 1 aromatic rings. The minimum atomic E-state index is -0.568. The van der Waals surface area contributed by atoms with Gasteiger partial charge >= 0.3 is 0 Å². The number of hydrogen-bond donors (Lipinski definition) is 2. The molecule has 0 bridgehead atoms. The topological polar surface area (TPSA) is 64.0 Å². The van der Waals surface area contributed by atoms with Gasteiger partial charge in [-0.3, -0.25) is 4.79 Å². The number of benzene rings is 1. The molecule has 5 heteroatoms. The first-order chi connectivity index (χ1) is 9.97. The zero-order valence-corrected chi connectivity index (χ0v) is 12.7. The van der Waals surface area contributed by atoms with Gasteiger partial charge in [-0.1, -0.05) is 19.9 Å². The second-order valence-electron chi connectivity index (χ2n) is 5.90. The number of amides is 1. The molecule has 0 aliphatic carbocycles. The van der Waals surface area contributed by atoms with Gasteiger partial charge in [0.1, 0.15) is 5.75 Å². The Morgan fingerprint density at radius 3 is 2.48 bits per heavy atom. The summed E-state index contributed by atoms with van der Waals surface area (Å²) in [5.74, 6) is 0.375. The van der Waals surface area contributed by atoms with Gasteiger partial charge in [0, 0.05) is 37.9 Å². The standard InChI is InChI=1S/C16H24N2O3/c1-12(2)15(20)11-16(21)18-8-6-17(7-9-18)13-4-3-5-14(19)10-13/h3-5,10,12,15,19-20H,6-9,11H2,1-2H3. The molecule has 116 valence electrons. The van der Waals surface area contributed by atoms with E-state index in [0.717, 1.165) is 18.8 Å². The molecule has 1 aliphatic rings. The monoisotopic (exact) mass is 292 g/mol. The lowest BCUT2D eigenvalue weighted by atomic mass is 10.0. The van der Waals surface area contributed by atoms with E-state index in [4.69, 9.17) is 0 Å². The molecule has 1 fully saturated rings. The van der Waals surface area contributed by atoms with Crippen molar-refractivity contribution in [3.05, 3.63) is 24.3 Å². The predicted molar refractivity (Wildman–Crippen MR) is 82.4 cm³/mol. The minimum Gasteiger partial charge on any atom is -0.508 e. The fourth-order valence-electron chi connectivity index (χ4n) is 2.45. The highest BCUT2D eigenvalue weighted by atomic mass is 16.3. The second-order valence-corrected chi connectivity index (χ2v) is 5.90. The zero-order chi connectivity index (χ0) is 15.4. The van der Waals surface area contributed by atoms with E-state index in [2.05, 4.69) is 4.90 Å². The molecule has 1 unspecified atom stereocenters. The summed E-state index contributed by atoms with van der Waals surface area (Å²) in [6, 6.07) is 7.16. The van der Waals surface area contributed by atoms with Gasteiger partial charge in [0.05, 0.1) is 12.5 Å². The fourth-order valence-corrected chi connectivity index (χ4v) is 2.45. The number of aliphatic hydroxyl groups is 1. The van der Waals surface area contributed by atoms with Crippen molar-refractivity contribution in [3.63, 3.8) is 0 Å². The predicted octanol–water partition coefficient (Wildman–Crippen LogP) is 1.45. The third-order valence-corrected chi connectivity index (χ3v) is 3.98. The van der Waals surface area contributed by atoms with Crippen molar-refractivity contribution in [2.24, 2.45) is 5.92 Å². The molecule has 1 aromatic carbocycles. The lowest BCUT2D eigenvalue weighted by Gasteiger charge is -2.36. The maximum Gasteiger partial charge on any atom is 0.225 e. The van der Waals surface area contributed by atoms with Gasteiger partial charge in [-0.15, -0.1) is 0 Å². The van der Waals surface area contributed by atoms with E-state index in [-0.39, 0.29) is 24.0 Å². The molecule has 2 rings (SSSR count). The van der Waals surface area contributed by atoms with E-state index in [1.165, 1.54) is 0 Å². The van der Waals surface area contributed by atoms with Crippen molar-refractivity contribution in [3.8, 4) is 5.75 Å². The van der Waals surface area contributed by atoms with E-state index in [1.54, 1.807) is 12.1 Å². The Labute approximate surface area is 125 Å². The summed E-state index contributed by atoms with van der Waals surface area (Å²) in [4.78, 5) is 16.1. The van der Waals surface area contributed by atoms with Crippen LogP contribution in [0.25, 0.3) is 0 Å². The molecule has 1 atom stereocenters. The van der Waals surface area contributed by atoms with Crippen molar-refractivity contribution in [1.82, 2.24) is 4.90 Å². The molecule has 5 nitrogen and oxygen atoms in total. The van der Waals surface area contributed by atoms with Crippen LogP contribution in [0.4, 0.5) is 5.69 Å². The van der Waals surface area contributed by atoms with Gasteiger partial charge in [-0.2, -0.15) is 0 Å². The van der Waals surface area contributed by atoms with Crippen molar-refractivity contribution < 1.29 is 15.0 Å². The van der Waals surface area contributed by atoms with Gasteiger partial charge in [-0.05, 0) is 18.1 Å². The second kappa shape index (κ2) is 6.80. The Kier molecular flexibility index (Phi) is 5.07. The molecule has 0 spiro atoms. The molecule has 2 N–H and O–H groups in total. The molecule has 21 heavy (non-hydrogen) atoms.